The summed E-state index contributed by atoms with van der Waals surface area (Å²) in [4.78, 5) is 47.0. The smallest absolute Gasteiger partial charge is 0.308 e. The summed E-state index contributed by atoms with van der Waals surface area (Å²) in [6.07, 6.45) is 0.0161. The van der Waals surface area contributed by atoms with E-state index in [0.29, 0.717) is 5.69 Å². The summed E-state index contributed by atoms with van der Waals surface area (Å²) in [6, 6.07) is 5.32. The van der Waals surface area contributed by atoms with Gasteiger partial charge in [0.1, 0.15) is 6.04 Å². The molecule has 0 unspecified atom stereocenters. The Morgan fingerprint density at radius 3 is 2.40 bits per heavy atom. The zero-order valence-electron chi connectivity index (χ0n) is 14.5. The van der Waals surface area contributed by atoms with E-state index in [4.69, 9.17) is 10.5 Å². The number of ether oxygens (including phenoxy) is 1. The van der Waals surface area contributed by atoms with Crippen LogP contribution in [0, 0.1) is 5.92 Å². The van der Waals surface area contributed by atoms with Gasteiger partial charge in [-0.3, -0.25) is 19.2 Å². The minimum Gasteiger partial charge on any atom is -0.466 e. The standard InChI is InChI=1S/C17H23N3O5/c1-4-25-17(24)10(2)9-14(15(18)22)20-16(23)12-7-5-6-8-13(12)19-11(3)21/h5-8,10,14H,4,9H2,1-3H3,(H2,18,22)(H,19,21)(H,20,23)/t10-,14-/m0/s1. The van der Waals surface area contributed by atoms with Crippen molar-refractivity contribution >= 4 is 29.4 Å². The molecule has 1 rings (SSSR count). The molecule has 0 aliphatic carbocycles. The topological polar surface area (TPSA) is 128 Å². The SMILES string of the molecule is CCOC(=O)[C@@H](C)C[C@H](NC(=O)c1ccccc1NC(C)=O)C(N)=O. The Morgan fingerprint density at radius 2 is 1.84 bits per heavy atom. The summed E-state index contributed by atoms with van der Waals surface area (Å²) in [6.45, 7) is 4.81. The third-order valence-electron chi connectivity index (χ3n) is 3.41. The molecular formula is C17H23N3O5. The molecule has 0 heterocycles. The molecular weight excluding hydrogens is 326 g/mol. The van der Waals surface area contributed by atoms with Crippen molar-refractivity contribution in [3.63, 3.8) is 0 Å². The zero-order chi connectivity index (χ0) is 19.0. The molecule has 136 valence electrons. The average molecular weight is 349 g/mol. The van der Waals surface area contributed by atoms with Crippen molar-refractivity contribution in [3.05, 3.63) is 29.8 Å². The Balaban J connectivity index is 2.89. The number of nitrogens with two attached hydrogens (primary N) is 1. The van der Waals surface area contributed by atoms with Gasteiger partial charge in [0.2, 0.25) is 11.8 Å². The number of para-hydroxylation sites is 1. The summed E-state index contributed by atoms with van der Waals surface area (Å²) < 4.78 is 4.89. The van der Waals surface area contributed by atoms with Crippen LogP contribution in [0.2, 0.25) is 0 Å². The van der Waals surface area contributed by atoms with E-state index in [1.807, 2.05) is 0 Å². The molecule has 4 N–H and O–H groups in total. The van der Waals surface area contributed by atoms with Crippen molar-refractivity contribution in [2.24, 2.45) is 11.7 Å². The number of primary amides is 1. The van der Waals surface area contributed by atoms with E-state index in [9.17, 15) is 19.2 Å². The van der Waals surface area contributed by atoms with Crippen LogP contribution in [0.25, 0.3) is 0 Å². The molecule has 0 saturated heterocycles. The predicted molar refractivity (Wildman–Crippen MR) is 91.6 cm³/mol. The molecule has 0 spiro atoms. The molecule has 3 amide bonds. The van der Waals surface area contributed by atoms with Gasteiger partial charge in [0, 0.05) is 6.92 Å². The van der Waals surface area contributed by atoms with Gasteiger partial charge in [-0.2, -0.15) is 0 Å². The number of esters is 1. The number of amides is 3. The van der Waals surface area contributed by atoms with Gasteiger partial charge in [0.15, 0.2) is 0 Å². The van der Waals surface area contributed by atoms with Gasteiger partial charge in [-0.1, -0.05) is 19.1 Å². The first-order valence-corrected chi connectivity index (χ1v) is 7.89. The summed E-state index contributed by atoms with van der Waals surface area (Å²) >= 11 is 0. The number of carbonyl (C=O) groups excluding carboxylic acids is 4. The second-order valence-electron chi connectivity index (χ2n) is 5.54. The van der Waals surface area contributed by atoms with Crippen LogP contribution in [0.5, 0.6) is 0 Å². The Kier molecular flexibility index (Phi) is 7.58. The number of anilines is 1. The molecule has 0 saturated carbocycles. The maximum atomic E-state index is 12.5. The van der Waals surface area contributed by atoms with E-state index in [1.54, 1.807) is 32.0 Å². The van der Waals surface area contributed by atoms with E-state index >= 15 is 0 Å². The second-order valence-corrected chi connectivity index (χ2v) is 5.54. The Bertz CT molecular complexity index is 659. The third kappa shape index (κ3) is 6.25. The van der Waals surface area contributed by atoms with Crippen molar-refractivity contribution in [1.82, 2.24) is 5.32 Å². The van der Waals surface area contributed by atoms with Gasteiger partial charge in [-0.05, 0) is 25.5 Å². The van der Waals surface area contributed by atoms with Crippen LogP contribution in [0.3, 0.4) is 0 Å². The average Bonchev–Trinajstić information content (AvgIpc) is 2.54. The number of benzene rings is 1. The van der Waals surface area contributed by atoms with Crippen molar-refractivity contribution in [2.45, 2.75) is 33.2 Å². The van der Waals surface area contributed by atoms with Gasteiger partial charge < -0.3 is 21.1 Å². The molecule has 0 fully saturated rings. The fourth-order valence-electron chi connectivity index (χ4n) is 2.20. The highest BCUT2D eigenvalue weighted by molar-refractivity contribution is 6.04. The van der Waals surface area contributed by atoms with Gasteiger partial charge in [0.05, 0.1) is 23.8 Å². The molecule has 0 aliphatic rings. The number of carbonyl (C=O) groups is 4. The number of rotatable bonds is 8. The number of nitrogens with one attached hydrogen (secondary N) is 2. The van der Waals surface area contributed by atoms with E-state index in [-0.39, 0.29) is 24.5 Å². The fourth-order valence-corrected chi connectivity index (χ4v) is 2.20. The van der Waals surface area contributed by atoms with E-state index in [0.717, 1.165) is 0 Å². The number of hydrogen-bond donors (Lipinski definition) is 3. The summed E-state index contributed by atoms with van der Waals surface area (Å²) in [5.74, 6) is -2.75. The van der Waals surface area contributed by atoms with E-state index in [1.165, 1.54) is 13.0 Å². The van der Waals surface area contributed by atoms with Gasteiger partial charge in [-0.25, -0.2) is 0 Å². The van der Waals surface area contributed by atoms with E-state index < -0.39 is 29.7 Å². The summed E-state index contributed by atoms with van der Waals surface area (Å²) in [5, 5.41) is 5.04. The summed E-state index contributed by atoms with van der Waals surface area (Å²) in [5.41, 5.74) is 5.83. The highest BCUT2D eigenvalue weighted by atomic mass is 16.5. The minimum absolute atomic E-state index is 0.0161. The van der Waals surface area contributed by atoms with Crippen molar-refractivity contribution in [2.75, 3.05) is 11.9 Å². The maximum absolute atomic E-state index is 12.5. The zero-order valence-corrected chi connectivity index (χ0v) is 14.5. The molecule has 0 aromatic heterocycles. The van der Waals surface area contributed by atoms with E-state index in [2.05, 4.69) is 10.6 Å². The van der Waals surface area contributed by atoms with Gasteiger partial charge >= 0.3 is 5.97 Å². The Hall–Kier alpha value is -2.90. The lowest BCUT2D eigenvalue weighted by Crippen LogP contribution is -2.46. The quantitative estimate of drug-likeness (QED) is 0.599. The fraction of sp³-hybridized carbons (Fsp3) is 0.412. The van der Waals surface area contributed by atoms with Crippen LogP contribution in [0.4, 0.5) is 5.69 Å². The number of hydrogen-bond acceptors (Lipinski definition) is 5. The van der Waals surface area contributed by atoms with Gasteiger partial charge in [0.25, 0.3) is 5.91 Å². The lowest BCUT2D eigenvalue weighted by Gasteiger charge is -2.19. The Morgan fingerprint density at radius 1 is 1.20 bits per heavy atom. The normalized spacial score (nSPS) is 12.6. The van der Waals surface area contributed by atoms with Crippen LogP contribution in [-0.2, 0) is 19.1 Å². The molecule has 25 heavy (non-hydrogen) atoms. The molecule has 0 aliphatic heterocycles. The molecule has 0 bridgehead atoms. The molecule has 0 radical (unpaired) electrons. The molecule has 1 aromatic carbocycles. The molecule has 2 atom stereocenters. The lowest BCUT2D eigenvalue weighted by atomic mass is 10.0. The highest BCUT2D eigenvalue weighted by Crippen LogP contribution is 2.16. The third-order valence-corrected chi connectivity index (χ3v) is 3.41. The van der Waals surface area contributed by atoms with Crippen LogP contribution in [0.15, 0.2) is 24.3 Å². The van der Waals surface area contributed by atoms with Crippen molar-refractivity contribution in [3.8, 4) is 0 Å². The van der Waals surface area contributed by atoms with Crippen LogP contribution in [0.1, 0.15) is 37.6 Å². The minimum atomic E-state index is -1.04. The lowest BCUT2D eigenvalue weighted by molar-refractivity contribution is -0.147. The first kappa shape index (κ1) is 20.1. The van der Waals surface area contributed by atoms with Gasteiger partial charge in [-0.15, -0.1) is 0 Å². The van der Waals surface area contributed by atoms with Crippen LogP contribution < -0.4 is 16.4 Å². The highest BCUT2D eigenvalue weighted by Gasteiger charge is 2.26. The summed E-state index contributed by atoms with van der Waals surface area (Å²) in [7, 11) is 0. The van der Waals surface area contributed by atoms with Crippen molar-refractivity contribution < 1.29 is 23.9 Å². The first-order chi connectivity index (χ1) is 11.8. The first-order valence-electron chi connectivity index (χ1n) is 7.89. The molecule has 8 nitrogen and oxygen atoms in total. The second kappa shape index (κ2) is 9.41. The molecule has 1 aromatic rings. The maximum Gasteiger partial charge on any atom is 0.308 e. The molecule has 8 heteroatoms. The predicted octanol–water partition coefficient (Wildman–Crippen LogP) is 0.818. The largest absolute Gasteiger partial charge is 0.466 e. The van der Waals surface area contributed by atoms with Crippen molar-refractivity contribution in [1.29, 1.82) is 0 Å². The van der Waals surface area contributed by atoms with Crippen LogP contribution in [-0.4, -0.2) is 36.3 Å². The van der Waals surface area contributed by atoms with Crippen LogP contribution >= 0.6 is 0 Å². The monoisotopic (exact) mass is 349 g/mol. The Labute approximate surface area is 146 Å².